The lowest BCUT2D eigenvalue weighted by Crippen LogP contribution is -2.28. The standard InChI is InChI=1S/C22H24ClN3O5/c1-25(2)22(29)13-5-7-16(23)17(9-13)24-21(28)14-10-20(27)26(12-14)18-11-15(30-3)6-8-19(18)31-4/h5-9,11,14H,10,12H2,1-4H3,(H,24,28). The van der Waals surface area contributed by atoms with Crippen LogP contribution in [-0.2, 0) is 9.59 Å². The fraction of sp³-hybridized carbons (Fsp3) is 0.318. The van der Waals surface area contributed by atoms with Crippen LogP contribution in [0.1, 0.15) is 16.8 Å². The van der Waals surface area contributed by atoms with Gasteiger partial charge < -0.3 is 24.6 Å². The summed E-state index contributed by atoms with van der Waals surface area (Å²) in [4.78, 5) is 40.7. The Hall–Kier alpha value is -3.26. The van der Waals surface area contributed by atoms with E-state index in [9.17, 15) is 14.4 Å². The van der Waals surface area contributed by atoms with Gasteiger partial charge in [-0.3, -0.25) is 14.4 Å². The lowest BCUT2D eigenvalue weighted by atomic mass is 10.1. The number of carbonyl (C=O) groups excluding carboxylic acids is 3. The van der Waals surface area contributed by atoms with E-state index in [1.165, 1.54) is 30.1 Å². The molecule has 1 saturated heterocycles. The van der Waals surface area contributed by atoms with Gasteiger partial charge in [0, 0.05) is 38.7 Å². The molecule has 1 atom stereocenters. The number of amides is 3. The summed E-state index contributed by atoms with van der Waals surface area (Å²) in [5, 5.41) is 3.06. The summed E-state index contributed by atoms with van der Waals surface area (Å²) in [5.41, 5.74) is 1.26. The zero-order chi connectivity index (χ0) is 22.7. The van der Waals surface area contributed by atoms with Crippen LogP contribution >= 0.6 is 11.6 Å². The average molecular weight is 446 g/mol. The van der Waals surface area contributed by atoms with Crippen molar-refractivity contribution in [1.29, 1.82) is 0 Å². The number of rotatable bonds is 6. The molecule has 3 rings (SSSR count). The topological polar surface area (TPSA) is 88.2 Å². The number of halogens is 1. The molecule has 0 aromatic heterocycles. The van der Waals surface area contributed by atoms with Crippen LogP contribution in [0, 0.1) is 5.92 Å². The van der Waals surface area contributed by atoms with E-state index in [4.69, 9.17) is 21.1 Å². The van der Waals surface area contributed by atoms with Gasteiger partial charge in [-0.25, -0.2) is 0 Å². The highest BCUT2D eigenvalue weighted by Crippen LogP contribution is 2.36. The smallest absolute Gasteiger partial charge is 0.253 e. The molecule has 0 bridgehead atoms. The van der Waals surface area contributed by atoms with Crippen molar-refractivity contribution in [2.45, 2.75) is 6.42 Å². The number of ether oxygens (including phenoxy) is 2. The molecule has 0 spiro atoms. The van der Waals surface area contributed by atoms with Crippen LogP contribution in [0.3, 0.4) is 0 Å². The van der Waals surface area contributed by atoms with Crippen molar-refractivity contribution in [1.82, 2.24) is 4.90 Å². The van der Waals surface area contributed by atoms with E-state index in [0.29, 0.717) is 33.5 Å². The number of carbonyl (C=O) groups is 3. The Morgan fingerprint density at radius 1 is 1.13 bits per heavy atom. The zero-order valence-electron chi connectivity index (χ0n) is 17.8. The highest BCUT2D eigenvalue weighted by Gasteiger charge is 2.36. The molecular formula is C22H24ClN3O5. The number of hydrogen-bond acceptors (Lipinski definition) is 5. The minimum absolute atomic E-state index is 0.0418. The van der Waals surface area contributed by atoms with E-state index in [1.807, 2.05) is 0 Å². The van der Waals surface area contributed by atoms with Gasteiger partial charge in [0.05, 0.1) is 36.5 Å². The molecule has 1 unspecified atom stereocenters. The Morgan fingerprint density at radius 3 is 2.52 bits per heavy atom. The molecule has 9 heteroatoms. The summed E-state index contributed by atoms with van der Waals surface area (Å²) in [6.45, 7) is 0.183. The quantitative estimate of drug-likeness (QED) is 0.738. The third-order valence-electron chi connectivity index (χ3n) is 5.05. The van der Waals surface area contributed by atoms with Crippen molar-refractivity contribution in [3.05, 3.63) is 47.0 Å². The first-order chi connectivity index (χ1) is 14.7. The minimum Gasteiger partial charge on any atom is -0.497 e. The molecule has 2 aromatic rings. The molecule has 1 aliphatic heterocycles. The maximum Gasteiger partial charge on any atom is 0.253 e. The molecule has 0 saturated carbocycles. The number of methoxy groups -OCH3 is 2. The van der Waals surface area contributed by atoms with Gasteiger partial charge in [-0.05, 0) is 30.3 Å². The van der Waals surface area contributed by atoms with Crippen molar-refractivity contribution in [3.63, 3.8) is 0 Å². The van der Waals surface area contributed by atoms with Gasteiger partial charge in [-0.15, -0.1) is 0 Å². The average Bonchev–Trinajstić information content (AvgIpc) is 3.15. The van der Waals surface area contributed by atoms with E-state index in [2.05, 4.69) is 5.32 Å². The van der Waals surface area contributed by atoms with Crippen molar-refractivity contribution in [2.24, 2.45) is 5.92 Å². The van der Waals surface area contributed by atoms with Gasteiger partial charge in [-0.2, -0.15) is 0 Å². The molecule has 1 fully saturated rings. The van der Waals surface area contributed by atoms with Crippen LogP contribution in [0.15, 0.2) is 36.4 Å². The van der Waals surface area contributed by atoms with Crippen molar-refractivity contribution < 1.29 is 23.9 Å². The number of hydrogen-bond donors (Lipinski definition) is 1. The summed E-state index contributed by atoms with van der Waals surface area (Å²) < 4.78 is 10.6. The summed E-state index contributed by atoms with van der Waals surface area (Å²) in [7, 11) is 6.33. The zero-order valence-corrected chi connectivity index (χ0v) is 18.5. The lowest BCUT2D eigenvalue weighted by Gasteiger charge is -2.20. The van der Waals surface area contributed by atoms with Gasteiger partial charge >= 0.3 is 0 Å². The molecule has 1 aliphatic rings. The number of benzene rings is 2. The molecule has 0 aliphatic carbocycles. The lowest BCUT2D eigenvalue weighted by molar-refractivity contribution is -0.122. The van der Waals surface area contributed by atoms with Gasteiger partial charge in [0.15, 0.2) is 0 Å². The van der Waals surface area contributed by atoms with Crippen LogP contribution in [0.4, 0.5) is 11.4 Å². The Morgan fingerprint density at radius 2 is 1.87 bits per heavy atom. The predicted octanol–water partition coefficient (Wildman–Crippen LogP) is 3.05. The molecule has 1 N–H and O–H groups in total. The Labute approximate surface area is 185 Å². The highest BCUT2D eigenvalue weighted by molar-refractivity contribution is 6.34. The van der Waals surface area contributed by atoms with E-state index < -0.39 is 5.92 Å². The minimum atomic E-state index is -0.590. The van der Waals surface area contributed by atoms with Crippen molar-refractivity contribution in [2.75, 3.05) is 45.1 Å². The monoisotopic (exact) mass is 445 g/mol. The maximum atomic E-state index is 12.9. The van der Waals surface area contributed by atoms with Crippen molar-refractivity contribution in [3.8, 4) is 11.5 Å². The summed E-state index contributed by atoms with van der Waals surface area (Å²) >= 11 is 6.21. The third kappa shape index (κ3) is 4.74. The fourth-order valence-corrected chi connectivity index (χ4v) is 3.54. The first-order valence-corrected chi connectivity index (χ1v) is 9.97. The van der Waals surface area contributed by atoms with E-state index in [1.54, 1.807) is 44.4 Å². The van der Waals surface area contributed by atoms with Crippen LogP contribution in [0.2, 0.25) is 5.02 Å². The number of nitrogens with zero attached hydrogens (tertiary/aromatic N) is 2. The molecular weight excluding hydrogens is 422 g/mol. The molecule has 8 nitrogen and oxygen atoms in total. The first kappa shape index (κ1) is 22.4. The van der Waals surface area contributed by atoms with E-state index in [-0.39, 0.29) is 30.7 Å². The van der Waals surface area contributed by atoms with Crippen LogP contribution in [0.5, 0.6) is 11.5 Å². The van der Waals surface area contributed by atoms with E-state index >= 15 is 0 Å². The van der Waals surface area contributed by atoms with Gasteiger partial charge in [-0.1, -0.05) is 11.6 Å². The van der Waals surface area contributed by atoms with Crippen molar-refractivity contribution >= 4 is 40.7 Å². The van der Waals surface area contributed by atoms with Crippen LogP contribution in [0.25, 0.3) is 0 Å². The maximum absolute atomic E-state index is 12.9. The van der Waals surface area contributed by atoms with Crippen LogP contribution < -0.4 is 19.7 Å². The molecule has 3 amide bonds. The first-order valence-electron chi connectivity index (χ1n) is 9.59. The largest absolute Gasteiger partial charge is 0.497 e. The normalized spacial score (nSPS) is 15.6. The summed E-state index contributed by atoms with van der Waals surface area (Å²) in [6, 6.07) is 9.82. The third-order valence-corrected chi connectivity index (χ3v) is 5.38. The van der Waals surface area contributed by atoms with Gasteiger partial charge in [0.2, 0.25) is 11.8 Å². The Bertz CT molecular complexity index is 1020. The number of nitrogens with one attached hydrogen (secondary N) is 1. The van der Waals surface area contributed by atoms with Crippen LogP contribution in [-0.4, -0.2) is 57.5 Å². The molecule has 2 aromatic carbocycles. The molecule has 31 heavy (non-hydrogen) atoms. The predicted molar refractivity (Wildman–Crippen MR) is 118 cm³/mol. The SMILES string of the molecule is COc1ccc(OC)c(N2CC(C(=O)Nc3cc(C(=O)N(C)C)ccc3Cl)CC2=O)c1. The number of anilines is 2. The fourth-order valence-electron chi connectivity index (χ4n) is 3.37. The Balaban J connectivity index is 1.79. The van der Waals surface area contributed by atoms with E-state index in [0.717, 1.165) is 0 Å². The highest BCUT2D eigenvalue weighted by atomic mass is 35.5. The Kier molecular flexibility index (Phi) is 6.70. The van der Waals surface area contributed by atoms with Gasteiger partial charge in [0.25, 0.3) is 5.91 Å². The molecule has 0 radical (unpaired) electrons. The second kappa shape index (κ2) is 9.26. The second-order valence-corrected chi connectivity index (χ2v) is 7.73. The molecule has 164 valence electrons. The van der Waals surface area contributed by atoms with Gasteiger partial charge in [0.1, 0.15) is 11.5 Å². The summed E-state index contributed by atoms with van der Waals surface area (Å²) in [5.74, 6) is -0.269. The second-order valence-electron chi connectivity index (χ2n) is 7.33. The summed E-state index contributed by atoms with van der Waals surface area (Å²) in [6.07, 6.45) is 0.0418. The molecule has 1 heterocycles.